The van der Waals surface area contributed by atoms with Crippen LogP contribution >= 0.6 is 22.7 Å². The van der Waals surface area contributed by atoms with Crippen molar-refractivity contribution in [3.63, 3.8) is 0 Å². The first kappa shape index (κ1) is 18.1. The number of aryl methyl sites for hydroxylation is 1. The Labute approximate surface area is 158 Å². The average Bonchev–Trinajstić information content (AvgIpc) is 3.31. The number of carbonyl (C=O) groups is 2. The van der Waals surface area contributed by atoms with Gasteiger partial charge in [-0.2, -0.15) is 0 Å². The summed E-state index contributed by atoms with van der Waals surface area (Å²) in [5.41, 5.74) is 1.87. The highest BCUT2D eigenvalue weighted by Gasteiger charge is 2.14. The van der Waals surface area contributed by atoms with Crippen LogP contribution in [0.4, 0.5) is 5.69 Å². The SMILES string of the molecule is COc1ccc(C)cc1NC(=O)CNC(=O)c1csc(-c2cccs2)n1. The number of thiophene rings is 1. The van der Waals surface area contributed by atoms with Gasteiger partial charge in [0.05, 0.1) is 24.2 Å². The van der Waals surface area contributed by atoms with Crippen molar-refractivity contribution in [2.24, 2.45) is 0 Å². The summed E-state index contributed by atoms with van der Waals surface area (Å²) >= 11 is 2.97. The molecule has 0 saturated heterocycles. The minimum Gasteiger partial charge on any atom is -0.495 e. The minimum atomic E-state index is -0.379. The molecule has 0 radical (unpaired) electrons. The van der Waals surface area contributed by atoms with Gasteiger partial charge in [-0.05, 0) is 36.1 Å². The molecule has 134 valence electrons. The van der Waals surface area contributed by atoms with E-state index in [4.69, 9.17) is 4.74 Å². The van der Waals surface area contributed by atoms with Gasteiger partial charge in [-0.1, -0.05) is 12.1 Å². The van der Waals surface area contributed by atoms with Crippen LogP contribution in [0.1, 0.15) is 16.1 Å². The first-order valence-electron chi connectivity index (χ1n) is 7.79. The molecule has 0 aliphatic carbocycles. The van der Waals surface area contributed by atoms with Crippen molar-refractivity contribution in [2.75, 3.05) is 19.0 Å². The molecular weight excluding hydrogens is 370 g/mol. The predicted octanol–water partition coefficient (Wildman–Crippen LogP) is 3.56. The molecule has 0 atom stereocenters. The third-order valence-electron chi connectivity index (χ3n) is 3.51. The highest BCUT2D eigenvalue weighted by molar-refractivity contribution is 7.20. The molecule has 0 spiro atoms. The number of aromatic nitrogens is 1. The lowest BCUT2D eigenvalue weighted by Crippen LogP contribution is -2.33. The lowest BCUT2D eigenvalue weighted by atomic mass is 10.2. The van der Waals surface area contributed by atoms with Gasteiger partial charge in [0.15, 0.2) is 0 Å². The molecule has 0 unspecified atom stereocenters. The normalized spacial score (nSPS) is 10.4. The van der Waals surface area contributed by atoms with Crippen LogP contribution in [-0.2, 0) is 4.79 Å². The number of hydrogen-bond donors (Lipinski definition) is 2. The molecule has 0 saturated carbocycles. The molecular formula is C18H17N3O3S2. The Morgan fingerprint density at radius 3 is 2.81 bits per heavy atom. The van der Waals surface area contributed by atoms with E-state index in [1.54, 1.807) is 22.8 Å². The van der Waals surface area contributed by atoms with Gasteiger partial charge in [0.25, 0.3) is 5.91 Å². The topological polar surface area (TPSA) is 80.3 Å². The summed E-state index contributed by atoms with van der Waals surface area (Å²) in [7, 11) is 1.54. The summed E-state index contributed by atoms with van der Waals surface area (Å²) in [6, 6.07) is 9.37. The number of rotatable bonds is 6. The lowest BCUT2D eigenvalue weighted by Gasteiger charge is -2.11. The van der Waals surface area contributed by atoms with E-state index in [-0.39, 0.29) is 18.4 Å². The maximum Gasteiger partial charge on any atom is 0.271 e. The Bertz CT molecular complexity index is 920. The minimum absolute atomic E-state index is 0.151. The summed E-state index contributed by atoms with van der Waals surface area (Å²) < 4.78 is 5.22. The second kappa shape index (κ2) is 8.11. The fourth-order valence-electron chi connectivity index (χ4n) is 2.26. The van der Waals surface area contributed by atoms with E-state index in [0.29, 0.717) is 17.1 Å². The lowest BCUT2D eigenvalue weighted by molar-refractivity contribution is -0.115. The maximum absolute atomic E-state index is 12.2. The number of nitrogens with one attached hydrogen (secondary N) is 2. The molecule has 6 nitrogen and oxygen atoms in total. The van der Waals surface area contributed by atoms with Crippen molar-refractivity contribution in [3.05, 3.63) is 52.3 Å². The zero-order valence-electron chi connectivity index (χ0n) is 14.2. The molecule has 0 bridgehead atoms. The molecule has 0 aliphatic rings. The van der Waals surface area contributed by atoms with E-state index >= 15 is 0 Å². The summed E-state index contributed by atoms with van der Waals surface area (Å²) in [4.78, 5) is 29.6. The monoisotopic (exact) mass is 387 g/mol. The van der Waals surface area contributed by atoms with Crippen molar-refractivity contribution in [2.45, 2.75) is 6.92 Å². The largest absolute Gasteiger partial charge is 0.495 e. The number of ether oxygens (including phenoxy) is 1. The van der Waals surface area contributed by atoms with Gasteiger partial charge in [-0.25, -0.2) is 4.98 Å². The number of carbonyl (C=O) groups excluding carboxylic acids is 2. The van der Waals surface area contributed by atoms with Gasteiger partial charge in [0.2, 0.25) is 5.91 Å². The van der Waals surface area contributed by atoms with Crippen molar-refractivity contribution < 1.29 is 14.3 Å². The van der Waals surface area contributed by atoms with Gasteiger partial charge < -0.3 is 15.4 Å². The molecule has 2 amide bonds. The second-order valence-corrected chi connectivity index (χ2v) is 7.26. The van der Waals surface area contributed by atoms with Crippen LogP contribution in [0.3, 0.4) is 0 Å². The quantitative estimate of drug-likeness (QED) is 0.678. The molecule has 2 N–H and O–H groups in total. The summed E-state index contributed by atoms with van der Waals surface area (Å²) in [6.45, 7) is 1.77. The van der Waals surface area contributed by atoms with E-state index in [1.807, 2.05) is 36.6 Å². The van der Waals surface area contributed by atoms with Crippen molar-refractivity contribution in [1.29, 1.82) is 0 Å². The summed E-state index contributed by atoms with van der Waals surface area (Å²) in [6.07, 6.45) is 0. The van der Waals surface area contributed by atoms with Crippen molar-refractivity contribution in [3.8, 4) is 15.6 Å². The Morgan fingerprint density at radius 1 is 1.23 bits per heavy atom. The first-order valence-corrected chi connectivity index (χ1v) is 9.55. The van der Waals surface area contributed by atoms with Gasteiger partial charge in [0.1, 0.15) is 16.5 Å². The fourth-order valence-corrected chi connectivity index (χ4v) is 3.87. The molecule has 2 heterocycles. The molecule has 2 aromatic heterocycles. The number of methoxy groups -OCH3 is 1. The summed E-state index contributed by atoms with van der Waals surface area (Å²) in [5.74, 6) is -0.151. The maximum atomic E-state index is 12.2. The Hall–Kier alpha value is -2.71. The van der Waals surface area contributed by atoms with Crippen molar-refractivity contribution in [1.82, 2.24) is 10.3 Å². The van der Waals surface area contributed by atoms with Crippen LogP contribution in [-0.4, -0.2) is 30.5 Å². The highest BCUT2D eigenvalue weighted by atomic mass is 32.1. The molecule has 1 aromatic carbocycles. The Morgan fingerprint density at radius 2 is 2.08 bits per heavy atom. The molecule has 0 aliphatic heterocycles. The Kier molecular flexibility index (Phi) is 5.65. The van der Waals surface area contributed by atoms with Crippen LogP contribution in [0.5, 0.6) is 5.75 Å². The van der Waals surface area contributed by atoms with Crippen LogP contribution in [0, 0.1) is 6.92 Å². The number of thiazole rings is 1. The van der Waals surface area contributed by atoms with Crippen molar-refractivity contribution >= 4 is 40.2 Å². The number of amides is 2. The number of nitrogens with zero attached hydrogens (tertiary/aromatic N) is 1. The zero-order chi connectivity index (χ0) is 18.5. The van der Waals surface area contributed by atoms with Gasteiger partial charge in [-0.15, -0.1) is 22.7 Å². The Balaban J connectivity index is 1.58. The van der Waals surface area contributed by atoms with E-state index in [2.05, 4.69) is 15.6 Å². The molecule has 0 fully saturated rings. The van der Waals surface area contributed by atoms with Gasteiger partial charge >= 0.3 is 0 Å². The fraction of sp³-hybridized carbons (Fsp3) is 0.167. The molecule has 3 rings (SSSR count). The average molecular weight is 387 g/mol. The standard InChI is InChI=1S/C18H17N3O3S2/c1-11-5-6-14(24-2)12(8-11)20-16(22)9-19-17(23)13-10-26-18(21-13)15-4-3-7-25-15/h3-8,10H,9H2,1-2H3,(H,19,23)(H,20,22). The zero-order valence-corrected chi connectivity index (χ0v) is 15.9. The predicted molar refractivity (Wildman–Crippen MR) is 104 cm³/mol. The first-order chi connectivity index (χ1) is 12.6. The number of benzene rings is 1. The highest BCUT2D eigenvalue weighted by Crippen LogP contribution is 2.28. The van der Waals surface area contributed by atoms with E-state index < -0.39 is 0 Å². The smallest absolute Gasteiger partial charge is 0.271 e. The number of hydrogen-bond acceptors (Lipinski definition) is 6. The van der Waals surface area contributed by atoms with E-state index in [9.17, 15) is 9.59 Å². The van der Waals surface area contributed by atoms with Crippen LogP contribution in [0.2, 0.25) is 0 Å². The van der Waals surface area contributed by atoms with Gasteiger partial charge in [-0.3, -0.25) is 9.59 Å². The van der Waals surface area contributed by atoms with E-state index in [0.717, 1.165) is 15.4 Å². The summed E-state index contributed by atoms with van der Waals surface area (Å²) in [5, 5.41) is 9.76. The van der Waals surface area contributed by atoms with Gasteiger partial charge in [0, 0.05) is 5.38 Å². The molecule has 3 aromatic rings. The van der Waals surface area contributed by atoms with Crippen LogP contribution < -0.4 is 15.4 Å². The van der Waals surface area contributed by atoms with E-state index in [1.165, 1.54) is 18.4 Å². The third kappa shape index (κ3) is 4.27. The second-order valence-electron chi connectivity index (χ2n) is 5.45. The van der Waals surface area contributed by atoms with Crippen LogP contribution in [0.25, 0.3) is 9.88 Å². The number of anilines is 1. The molecule has 26 heavy (non-hydrogen) atoms. The third-order valence-corrected chi connectivity index (χ3v) is 5.39. The van der Waals surface area contributed by atoms with Crippen LogP contribution in [0.15, 0.2) is 41.1 Å². The molecule has 8 heteroatoms.